The second-order valence-corrected chi connectivity index (χ2v) is 9.44. The van der Waals surface area contributed by atoms with Crippen LogP contribution in [-0.2, 0) is 40.3 Å². The summed E-state index contributed by atoms with van der Waals surface area (Å²) in [6.07, 6.45) is 1.47. The molecule has 9 heteroatoms. The van der Waals surface area contributed by atoms with Crippen LogP contribution >= 0.6 is 11.3 Å². The van der Waals surface area contributed by atoms with E-state index in [1.807, 2.05) is 5.38 Å². The van der Waals surface area contributed by atoms with Gasteiger partial charge in [-0.25, -0.2) is 0 Å². The molecule has 8 nitrogen and oxygen atoms in total. The minimum Gasteiger partial charge on any atom is -0.481 e. The van der Waals surface area contributed by atoms with Crippen molar-refractivity contribution >= 4 is 29.1 Å². The van der Waals surface area contributed by atoms with Gasteiger partial charge in [0.2, 0.25) is 5.91 Å². The van der Waals surface area contributed by atoms with Gasteiger partial charge in [-0.3, -0.25) is 19.3 Å². The van der Waals surface area contributed by atoms with Crippen molar-refractivity contribution in [1.29, 1.82) is 0 Å². The Kier molecular flexibility index (Phi) is 7.42. The summed E-state index contributed by atoms with van der Waals surface area (Å²) in [5, 5.41) is 11.0. The molecule has 2 aliphatic heterocycles. The normalized spacial score (nSPS) is 17.2. The molecular formula is C24H29N3O5S. The van der Waals surface area contributed by atoms with E-state index in [2.05, 4.69) is 29.2 Å². The first-order chi connectivity index (χ1) is 15.9. The number of carbonyl (C=O) groups excluding carboxylic acids is 2. The topological polar surface area (TPSA) is 113 Å². The SMILES string of the molecule is NC(=O)[C@H](CCC(=O)O)N1Cc2c(CCc3ccc(CN4CCOCC4)cc3)csc2C1=O. The Balaban J connectivity index is 1.36. The summed E-state index contributed by atoms with van der Waals surface area (Å²) in [6, 6.07) is 7.77. The van der Waals surface area contributed by atoms with Crippen molar-refractivity contribution in [3.8, 4) is 0 Å². The average Bonchev–Trinajstić information content (AvgIpc) is 3.34. The number of aliphatic carboxylic acids is 1. The van der Waals surface area contributed by atoms with Crippen molar-refractivity contribution in [3.05, 3.63) is 56.8 Å². The highest BCUT2D eigenvalue weighted by molar-refractivity contribution is 7.12. The van der Waals surface area contributed by atoms with E-state index in [9.17, 15) is 14.4 Å². The third kappa shape index (κ3) is 5.61. The molecule has 1 aromatic carbocycles. The zero-order chi connectivity index (χ0) is 23.4. The molecule has 33 heavy (non-hydrogen) atoms. The number of thiophene rings is 1. The van der Waals surface area contributed by atoms with E-state index in [4.69, 9.17) is 15.6 Å². The van der Waals surface area contributed by atoms with Gasteiger partial charge in [0, 0.05) is 32.6 Å². The highest BCUT2D eigenvalue weighted by Crippen LogP contribution is 2.34. The molecule has 1 atom stereocenters. The maximum atomic E-state index is 12.8. The summed E-state index contributed by atoms with van der Waals surface area (Å²) >= 11 is 1.39. The van der Waals surface area contributed by atoms with Crippen molar-refractivity contribution < 1.29 is 24.2 Å². The first-order valence-corrected chi connectivity index (χ1v) is 12.1. The first kappa shape index (κ1) is 23.4. The fourth-order valence-electron chi connectivity index (χ4n) is 4.42. The number of morpholine rings is 1. The molecule has 1 fully saturated rings. The number of ether oxygens (including phenoxy) is 1. The third-order valence-electron chi connectivity index (χ3n) is 6.32. The van der Waals surface area contributed by atoms with E-state index < -0.39 is 17.9 Å². The van der Waals surface area contributed by atoms with Gasteiger partial charge in [0.1, 0.15) is 6.04 Å². The quantitative estimate of drug-likeness (QED) is 0.548. The van der Waals surface area contributed by atoms with Crippen molar-refractivity contribution in [2.75, 3.05) is 26.3 Å². The third-order valence-corrected chi connectivity index (χ3v) is 7.38. The van der Waals surface area contributed by atoms with E-state index in [-0.39, 0.29) is 18.7 Å². The fourth-order valence-corrected chi connectivity index (χ4v) is 5.50. The lowest BCUT2D eigenvalue weighted by molar-refractivity contribution is -0.137. The Bertz CT molecular complexity index is 1010. The zero-order valence-corrected chi connectivity index (χ0v) is 19.3. The molecule has 2 aliphatic rings. The van der Waals surface area contributed by atoms with E-state index in [1.54, 1.807) is 0 Å². The van der Waals surface area contributed by atoms with Crippen LogP contribution in [0.5, 0.6) is 0 Å². The lowest BCUT2D eigenvalue weighted by Gasteiger charge is -2.26. The Labute approximate surface area is 196 Å². The molecule has 176 valence electrons. The molecule has 2 aromatic rings. The van der Waals surface area contributed by atoms with Crippen LogP contribution in [0.3, 0.4) is 0 Å². The second-order valence-electron chi connectivity index (χ2n) is 8.56. The number of nitrogens with zero attached hydrogens (tertiary/aromatic N) is 2. The summed E-state index contributed by atoms with van der Waals surface area (Å²) in [4.78, 5) is 40.1. The Morgan fingerprint density at radius 2 is 1.82 bits per heavy atom. The Morgan fingerprint density at radius 3 is 2.48 bits per heavy atom. The number of carboxylic acids is 1. The molecule has 0 aliphatic carbocycles. The monoisotopic (exact) mass is 471 g/mol. The molecule has 0 radical (unpaired) electrons. The van der Waals surface area contributed by atoms with Crippen molar-refractivity contribution in [1.82, 2.24) is 9.80 Å². The summed E-state index contributed by atoms with van der Waals surface area (Å²) in [6.45, 7) is 4.76. The van der Waals surface area contributed by atoms with Crippen molar-refractivity contribution in [2.24, 2.45) is 5.73 Å². The Morgan fingerprint density at radius 1 is 1.12 bits per heavy atom. The number of carbonyl (C=O) groups is 3. The van der Waals surface area contributed by atoms with Crippen molar-refractivity contribution in [3.63, 3.8) is 0 Å². The average molecular weight is 472 g/mol. The van der Waals surface area contributed by atoms with Crippen LogP contribution in [0.25, 0.3) is 0 Å². The van der Waals surface area contributed by atoms with Crippen LogP contribution in [0.2, 0.25) is 0 Å². The number of aryl methyl sites for hydroxylation is 2. The Hall–Kier alpha value is -2.75. The molecule has 2 amide bonds. The molecule has 4 rings (SSSR count). The maximum Gasteiger partial charge on any atom is 0.303 e. The summed E-state index contributed by atoms with van der Waals surface area (Å²) in [5.74, 6) is -1.92. The van der Waals surface area contributed by atoms with Gasteiger partial charge in [-0.05, 0) is 46.9 Å². The molecule has 0 saturated carbocycles. The number of primary amides is 1. The van der Waals surface area contributed by atoms with E-state index in [0.29, 0.717) is 11.4 Å². The number of rotatable bonds is 10. The van der Waals surface area contributed by atoms with E-state index in [1.165, 1.54) is 27.4 Å². The lowest BCUT2D eigenvalue weighted by atomic mass is 10.0. The number of amides is 2. The van der Waals surface area contributed by atoms with Crippen LogP contribution < -0.4 is 5.73 Å². The van der Waals surface area contributed by atoms with Crippen LogP contribution in [0.1, 0.15) is 44.8 Å². The smallest absolute Gasteiger partial charge is 0.303 e. The predicted octanol–water partition coefficient (Wildman–Crippen LogP) is 2.04. The maximum absolute atomic E-state index is 12.8. The minimum atomic E-state index is -1.01. The molecular weight excluding hydrogens is 442 g/mol. The molecule has 1 aromatic heterocycles. The second kappa shape index (κ2) is 10.5. The number of benzene rings is 1. The largest absolute Gasteiger partial charge is 0.481 e. The van der Waals surface area contributed by atoms with Crippen LogP contribution in [0.4, 0.5) is 0 Å². The fraction of sp³-hybridized carbons (Fsp3) is 0.458. The van der Waals surface area contributed by atoms with Gasteiger partial charge in [0.15, 0.2) is 0 Å². The van der Waals surface area contributed by atoms with E-state index in [0.717, 1.165) is 56.8 Å². The van der Waals surface area contributed by atoms with Gasteiger partial charge >= 0.3 is 5.97 Å². The molecule has 1 saturated heterocycles. The number of fused-ring (bicyclic) bond motifs is 1. The van der Waals surface area contributed by atoms with Gasteiger partial charge in [0.05, 0.1) is 18.1 Å². The number of carboxylic acid groups (broad SMARTS) is 1. The van der Waals surface area contributed by atoms with Crippen LogP contribution in [0, 0.1) is 0 Å². The lowest BCUT2D eigenvalue weighted by Crippen LogP contribution is -2.45. The number of nitrogens with two attached hydrogens (primary N) is 1. The molecule has 3 heterocycles. The van der Waals surface area contributed by atoms with Crippen LogP contribution in [0.15, 0.2) is 29.6 Å². The van der Waals surface area contributed by atoms with Gasteiger partial charge in [-0.15, -0.1) is 11.3 Å². The van der Waals surface area contributed by atoms with Crippen LogP contribution in [-0.4, -0.2) is 65.0 Å². The first-order valence-electron chi connectivity index (χ1n) is 11.2. The molecule has 3 N–H and O–H groups in total. The standard InChI is InChI=1S/C24H29N3O5S/c25-23(30)20(7-8-21(28)29)27-14-19-18(15-33-22(19)24(27)31)6-5-16-1-3-17(4-2-16)13-26-9-11-32-12-10-26/h1-4,15,20H,5-14H2,(H2,25,30)(H,28,29)/t20-/m0/s1. The molecule has 0 bridgehead atoms. The predicted molar refractivity (Wildman–Crippen MR) is 124 cm³/mol. The van der Waals surface area contributed by atoms with Gasteiger partial charge < -0.3 is 20.5 Å². The van der Waals surface area contributed by atoms with Crippen molar-refractivity contribution in [2.45, 2.75) is 44.8 Å². The van der Waals surface area contributed by atoms with Gasteiger partial charge in [-0.1, -0.05) is 24.3 Å². The van der Waals surface area contributed by atoms with E-state index >= 15 is 0 Å². The number of hydrogen-bond donors (Lipinski definition) is 2. The molecule has 0 spiro atoms. The summed E-state index contributed by atoms with van der Waals surface area (Å²) in [5.41, 5.74) is 10.0. The highest BCUT2D eigenvalue weighted by atomic mass is 32.1. The zero-order valence-electron chi connectivity index (χ0n) is 18.5. The molecule has 0 unspecified atom stereocenters. The highest BCUT2D eigenvalue weighted by Gasteiger charge is 2.37. The summed E-state index contributed by atoms with van der Waals surface area (Å²) < 4.78 is 5.40. The number of hydrogen-bond acceptors (Lipinski definition) is 6. The van der Waals surface area contributed by atoms with Gasteiger partial charge in [-0.2, -0.15) is 0 Å². The van der Waals surface area contributed by atoms with Gasteiger partial charge in [0.25, 0.3) is 5.91 Å². The minimum absolute atomic E-state index is 0.0253. The summed E-state index contributed by atoms with van der Waals surface area (Å²) in [7, 11) is 0.